The minimum Gasteiger partial charge on any atom is -0.313 e. The van der Waals surface area contributed by atoms with E-state index in [0.29, 0.717) is 12.0 Å². The fourth-order valence-electron chi connectivity index (χ4n) is 2.38. The Morgan fingerprint density at radius 3 is 2.21 bits per heavy atom. The minimum atomic E-state index is -0.175. The number of nitrogens with one attached hydrogen (secondary N) is 1. The van der Waals surface area contributed by atoms with Crippen LogP contribution in [0.5, 0.6) is 0 Å². The summed E-state index contributed by atoms with van der Waals surface area (Å²) in [5.41, 5.74) is 2.45. The second-order valence-corrected chi connectivity index (χ2v) is 5.20. The molecule has 1 aliphatic rings. The molecule has 1 fully saturated rings. The molecule has 0 saturated heterocycles. The van der Waals surface area contributed by atoms with E-state index in [0.717, 1.165) is 6.54 Å². The molecule has 1 aliphatic carbocycles. The van der Waals surface area contributed by atoms with Crippen LogP contribution in [0.15, 0.2) is 54.6 Å². The average Bonchev–Trinajstić information content (AvgIpc) is 3.26. The van der Waals surface area contributed by atoms with Gasteiger partial charge in [-0.3, -0.25) is 0 Å². The first-order chi connectivity index (χ1) is 9.33. The molecule has 1 atom stereocenters. The molecule has 1 N–H and O–H groups in total. The van der Waals surface area contributed by atoms with Gasteiger partial charge in [-0.05, 0) is 36.1 Å². The van der Waals surface area contributed by atoms with Crippen molar-refractivity contribution >= 4 is 0 Å². The largest absolute Gasteiger partial charge is 0.313 e. The van der Waals surface area contributed by atoms with E-state index in [1.165, 1.54) is 24.0 Å². The van der Waals surface area contributed by atoms with Gasteiger partial charge in [0.2, 0.25) is 0 Å². The van der Waals surface area contributed by atoms with Crippen molar-refractivity contribution in [2.24, 2.45) is 0 Å². The summed E-state index contributed by atoms with van der Waals surface area (Å²) >= 11 is 0. The summed E-state index contributed by atoms with van der Waals surface area (Å²) in [6.07, 6.45) is 2.57. The highest BCUT2D eigenvalue weighted by molar-refractivity contribution is 5.33. The van der Waals surface area contributed by atoms with Gasteiger partial charge in [0.05, 0.1) is 0 Å². The van der Waals surface area contributed by atoms with E-state index in [1.54, 1.807) is 12.1 Å². The van der Waals surface area contributed by atoms with E-state index >= 15 is 0 Å². The summed E-state index contributed by atoms with van der Waals surface area (Å²) in [7, 11) is 0. The van der Waals surface area contributed by atoms with Crippen molar-refractivity contribution in [2.75, 3.05) is 6.54 Å². The summed E-state index contributed by atoms with van der Waals surface area (Å²) in [5.74, 6) is 0.119. The SMILES string of the molecule is Fc1ccc(C(CNC2CC2)c2ccccc2)cc1. The molecular weight excluding hydrogens is 237 g/mol. The minimum absolute atomic E-state index is 0.175. The topological polar surface area (TPSA) is 12.0 Å². The Labute approximate surface area is 113 Å². The van der Waals surface area contributed by atoms with Gasteiger partial charge in [0.15, 0.2) is 0 Å². The van der Waals surface area contributed by atoms with Crippen molar-refractivity contribution in [1.82, 2.24) is 5.32 Å². The quantitative estimate of drug-likeness (QED) is 0.858. The molecule has 0 aliphatic heterocycles. The fourth-order valence-corrected chi connectivity index (χ4v) is 2.38. The molecule has 2 heteroatoms. The molecule has 0 radical (unpaired) electrons. The van der Waals surface area contributed by atoms with Crippen LogP contribution in [0.3, 0.4) is 0 Å². The highest BCUT2D eigenvalue weighted by Gasteiger charge is 2.23. The van der Waals surface area contributed by atoms with Gasteiger partial charge in [0.1, 0.15) is 5.82 Å². The Hall–Kier alpha value is -1.67. The lowest BCUT2D eigenvalue weighted by Crippen LogP contribution is -2.24. The van der Waals surface area contributed by atoms with Crippen molar-refractivity contribution in [3.63, 3.8) is 0 Å². The standard InChI is InChI=1S/C17H18FN/c18-15-8-6-14(7-9-15)17(12-19-16-10-11-16)13-4-2-1-3-5-13/h1-9,16-17,19H,10-12H2. The summed E-state index contributed by atoms with van der Waals surface area (Å²) < 4.78 is 13.1. The third-order valence-corrected chi connectivity index (χ3v) is 3.66. The van der Waals surface area contributed by atoms with Gasteiger partial charge in [-0.15, -0.1) is 0 Å². The van der Waals surface area contributed by atoms with Crippen LogP contribution < -0.4 is 5.32 Å². The van der Waals surface area contributed by atoms with Crippen LogP contribution in [0.2, 0.25) is 0 Å². The van der Waals surface area contributed by atoms with Crippen molar-refractivity contribution in [3.05, 3.63) is 71.5 Å². The van der Waals surface area contributed by atoms with Crippen molar-refractivity contribution < 1.29 is 4.39 Å². The van der Waals surface area contributed by atoms with Crippen LogP contribution in [0, 0.1) is 5.82 Å². The maximum atomic E-state index is 13.1. The predicted molar refractivity (Wildman–Crippen MR) is 75.7 cm³/mol. The molecule has 19 heavy (non-hydrogen) atoms. The first kappa shape index (κ1) is 12.4. The van der Waals surface area contributed by atoms with E-state index < -0.39 is 0 Å². The molecule has 98 valence electrons. The van der Waals surface area contributed by atoms with Gasteiger partial charge < -0.3 is 5.32 Å². The molecule has 0 heterocycles. The molecule has 2 aromatic carbocycles. The molecule has 0 amide bonds. The van der Waals surface area contributed by atoms with Gasteiger partial charge in [-0.1, -0.05) is 42.5 Å². The van der Waals surface area contributed by atoms with Gasteiger partial charge in [0, 0.05) is 18.5 Å². The van der Waals surface area contributed by atoms with Crippen molar-refractivity contribution in [3.8, 4) is 0 Å². The Morgan fingerprint density at radius 1 is 0.947 bits per heavy atom. The summed E-state index contributed by atoms with van der Waals surface area (Å²) in [4.78, 5) is 0. The Bertz CT molecular complexity index is 517. The van der Waals surface area contributed by atoms with E-state index in [9.17, 15) is 4.39 Å². The number of rotatable bonds is 5. The van der Waals surface area contributed by atoms with Crippen molar-refractivity contribution in [1.29, 1.82) is 0 Å². The fraction of sp³-hybridized carbons (Fsp3) is 0.294. The lowest BCUT2D eigenvalue weighted by atomic mass is 9.91. The van der Waals surface area contributed by atoms with Crippen LogP contribution in [0.25, 0.3) is 0 Å². The highest BCUT2D eigenvalue weighted by Crippen LogP contribution is 2.26. The zero-order chi connectivity index (χ0) is 13.1. The maximum absolute atomic E-state index is 13.1. The lowest BCUT2D eigenvalue weighted by molar-refractivity contribution is 0.617. The van der Waals surface area contributed by atoms with E-state index in [-0.39, 0.29) is 5.82 Å². The monoisotopic (exact) mass is 255 g/mol. The Morgan fingerprint density at radius 2 is 1.58 bits per heavy atom. The number of benzene rings is 2. The maximum Gasteiger partial charge on any atom is 0.123 e. The second-order valence-electron chi connectivity index (χ2n) is 5.20. The second kappa shape index (κ2) is 5.54. The molecule has 0 aromatic heterocycles. The van der Waals surface area contributed by atoms with Crippen LogP contribution in [-0.2, 0) is 0 Å². The van der Waals surface area contributed by atoms with Gasteiger partial charge in [0.25, 0.3) is 0 Å². The van der Waals surface area contributed by atoms with Crippen LogP contribution >= 0.6 is 0 Å². The van der Waals surface area contributed by atoms with E-state index in [4.69, 9.17) is 0 Å². The number of hydrogen-bond acceptors (Lipinski definition) is 1. The third kappa shape index (κ3) is 3.21. The normalized spacial score (nSPS) is 16.3. The lowest BCUT2D eigenvalue weighted by Gasteiger charge is -2.18. The summed E-state index contributed by atoms with van der Waals surface area (Å²) in [5, 5.41) is 3.57. The average molecular weight is 255 g/mol. The third-order valence-electron chi connectivity index (χ3n) is 3.66. The predicted octanol–water partition coefficient (Wildman–Crippen LogP) is 3.71. The first-order valence-corrected chi connectivity index (χ1v) is 6.87. The Kier molecular flexibility index (Phi) is 3.60. The summed E-state index contributed by atoms with van der Waals surface area (Å²) in [6, 6.07) is 18.0. The van der Waals surface area contributed by atoms with E-state index in [1.807, 2.05) is 18.2 Å². The number of hydrogen-bond donors (Lipinski definition) is 1. The smallest absolute Gasteiger partial charge is 0.123 e. The molecule has 1 saturated carbocycles. The first-order valence-electron chi connectivity index (χ1n) is 6.87. The van der Waals surface area contributed by atoms with Gasteiger partial charge in [-0.2, -0.15) is 0 Å². The Balaban J connectivity index is 1.84. The van der Waals surface area contributed by atoms with E-state index in [2.05, 4.69) is 29.6 Å². The van der Waals surface area contributed by atoms with Crippen LogP contribution in [-0.4, -0.2) is 12.6 Å². The number of halogens is 1. The molecule has 2 aromatic rings. The highest BCUT2D eigenvalue weighted by atomic mass is 19.1. The molecule has 3 rings (SSSR count). The van der Waals surface area contributed by atoms with Crippen LogP contribution in [0.1, 0.15) is 29.9 Å². The molecule has 1 nitrogen and oxygen atoms in total. The molecule has 1 unspecified atom stereocenters. The zero-order valence-electron chi connectivity index (χ0n) is 10.9. The van der Waals surface area contributed by atoms with Gasteiger partial charge >= 0.3 is 0 Å². The molecule has 0 spiro atoms. The zero-order valence-corrected chi connectivity index (χ0v) is 10.9. The van der Waals surface area contributed by atoms with Crippen molar-refractivity contribution in [2.45, 2.75) is 24.8 Å². The molecule has 0 bridgehead atoms. The summed E-state index contributed by atoms with van der Waals surface area (Å²) in [6.45, 7) is 0.917. The van der Waals surface area contributed by atoms with Crippen LogP contribution in [0.4, 0.5) is 4.39 Å². The molecular formula is C17H18FN. The van der Waals surface area contributed by atoms with Gasteiger partial charge in [-0.25, -0.2) is 4.39 Å².